The zero-order valence-electron chi connectivity index (χ0n) is 15.5. The highest BCUT2D eigenvalue weighted by Gasteiger charge is 2.29. The number of carbonyl (C=O) groups excluding carboxylic acids is 1. The number of halogens is 1. The number of para-hydroxylation sites is 1. The topological polar surface area (TPSA) is 51.0 Å². The Morgan fingerprint density at radius 1 is 0.931 bits per heavy atom. The molecule has 3 aromatic carbocycles. The molecular weight excluding hydrogens is 428 g/mol. The molecule has 1 aliphatic heterocycles. The summed E-state index contributed by atoms with van der Waals surface area (Å²) >= 11 is 3.50. The van der Waals surface area contributed by atoms with E-state index in [4.69, 9.17) is 0 Å². The fourth-order valence-corrected chi connectivity index (χ4v) is 4.04. The SMILES string of the molecule is O=C(c1nc(-c2ccccc2)n(-c2ccccc2)n1)N1CCc2cc(Br)ccc21. The van der Waals surface area contributed by atoms with Crippen LogP contribution in [-0.2, 0) is 6.42 Å². The summed E-state index contributed by atoms with van der Waals surface area (Å²) in [5.41, 5.74) is 3.85. The number of hydrogen-bond donors (Lipinski definition) is 0. The zero-order chi connectivity index (χ0) is 19.8. The molecule has 4 aromatic rings. The van der Waals surface area contributed by atoms with E-state index in [0.29, 0.717) is 12.4 Å². The Bertz CT molecular complexity index is 1130. The van der Waals surface area contributed by atoms with Gasteiger partial charge in [-0.05, 0) is 42.3 Å². The lowest BCUT2D eigenvalue weighted by Gasteiger charge is -2.15. The number of amides is 1. The Hall–Kier alpha value is -3.25. The number of rotatable bonds is 3. The molecule has 0 aliphatic carbocycles. The molecular formula is C23H17BrN4O. The van der Waals surface area contributed by atoms with Crippen LogP contribution in [-0.4, -0.2) is 27.2 Å². The van der Waals surface area contributed by atoms with E-state index in [1.54, 1.807) is 9.58 Å². The summed E-state index contributed by atoms with van der Waals surface area (Å²) in [7, 11) is 0. The van der Waals surface area contributed by atoms with Gasteiger partial charge in [-0.25, -0.2) is 9.67 Å². The lowest BCUT2D eigenvalue weighted by molar-refractivity contribution is 0.0979. The first-order valence-corrected chi connectivity index (χ1v) is 10.2. The molecule has 0 atom stereocenters. The molecule has 2 heterocycles. The lowest BCUT2D eigenvalue weighted by atomic mass is 10.2. The summed E-state index contributed by atoms with van der Waals surface area (Å²) in [6, 6.07) is 25.6. The molecule has 0 unspecified atom stereocenters. The Morgan fingerprint density at radius 3 is 2.41 bits per heavy atom. The number of hydrogen-bond acceptors (Lipinski definition) is 3. The van der Waals surface area contributed by atoms with Crippen molar-refractivity contribution in [3.05, 3.63) is 94.7 Å². The number of carbonyl (C=O) groups is 1. The minimum atomic E-state index is -0.182. The molecule has 1 amide bonds. The van der Waals surface area contributed by atoms with Crippen LogP contribution in [0, 0.1) is 0 Å². The van der Waals surface area contributed by atoms with Crippen molar-refractivity contribution in [2.24, 2.45) is 0 Å². The predicted molar refractivity (Wildman–Crippen MR) is 116 cm³/mol. The third-order valence-corrected chi connectivity index (χ3v) is 5.51. The largest absolute Gasteiger partial charge is 0.305 e. The van der Waals surface area contributed by atoms with Crippen LogP contribution in [0.3, 0.4) is 0 Å². The fraction of sp³-hybridized carbons (Fsp3) is 0.0870. The van der Waals surface area contributed by atoms with Gasteiger partial charge < -0.3 is 4.90 Å². The highest BCUT2D eigenvalue weighted by atomic mass is 79.9. The quantitative estimate of drug-likeness (QED) is 0.451. The van der Waals surface area contributed by atoms with Gasteiger partial charge in [-0.1, -0.05) is 64.5 Å². The predicted octanol–water partition coefficient (Wildman–Crippen LogP) is 4.90. The smallest absolute Gasteiger partial charge is 0.297 e. The van der Waals surface area contributed by atoms with Crippen LogP contribution < -0.4 is 4.90 Å². The molecule has 0 bridgehead atoms. The summed E-state index contributed by atoms with van der Waals surface area (Å²) in [6.45, 7) is 0.630. The van der Waals surface area contributed by atoms with E-state index in [-0.39, 0.29) is 11.7 Å². The first-order chi connectivity index (χ1) is 14.2. The maximum atomic E-state index is 13.3. The van der Waals surface area contributed by atoms with Gasteiger partial charge in [-0.2, -0.15) is 0 Å². The normalized spacial score (nSPS) is 12.8. The van der Waals surface area contributed by atoms with Crippen molar-refractivity contribution in [2.45, 2.75) is 6.42 Å². The second-order valence-electron chi connectivity index (χ2n) is 6.85. The molecule has 0 N–H and O–H groups in total. The van der Waals surface area contributed by atoms with Crippen molar-refractivity contribution in [2.75, 3.05) is 11.4 Å². The number of nitrogens with zero attached hydrogens (tertiary/aromatic N) is 4. The Labute approximate surface area is 176 Å². The van der Waals surface area contributed by atoms with E-state index in [0.717, 1.165) is 33.4 Å². The maximum Gasteiger partial charge on any atom is 0.297 e. The molecule has 1 aromatic heterocycles. The monoisotopic (exact) mass is 444 g/mol. The molecule has 5 nitrogen and oxygen atoms in total. The van der Waals surface area contributed by atoms with Gasteiger partial charge in [0.05, 0.1) is 5.69 Å². The molecule has 29 heavy (non-hydrogen) atoms. The fourth-order valence-electron chi connectivity index (χ4n) is 3.63. The van der Waals surface area contributed by atoms with Crippen molar-refractivity contribution in [1.82, 2.24) is 14.8 Å². The molecule has 142 valence electrons. The van der Waals surface area contributed by atoms with Crippen LogP contribution in [0.5, 0.6) is 0 Å². The Morgan fingerprint density at radius 2 is 1.66 bits per heavy atom. The molecule has 5 rings (SSSR count). The van der Waals surface area contributed by atoms with Crippen LogP contribution >= 0.6 is 15.9 Å². The van der Waals surface area contributed by atoms with Crippen LogP contribution in [0.4, 0.5) is 5.69 Å². The van der Waals surface area contributed by atoms with Crippen molar-refractivity contribution >= 4 is 27.5 Å². The molecule has 0 fully saturated rings. The third-order valence-electron chi connectivity index (χ3n) is 5.01. The average Bonchev–Trinajstić information content (AvgIpc) is 3.39. The Balaban J connectivity index is 1.58. The van der Waals surface area contributed by atoms with E-state index >= 15 is 0 Å². The summed E-state index contributed by atoms with van der Waals surface area (Å²) in [5.74, 6) is 0.664. The van der Waals surface area contributed by atoms with Crippen molar-refractivity contribution in [1.29, 1.82) is 0 Å². The van der Waals surface area contributed by atoms with Crippen LogP contribution in [0.2, 0.25) is 0 Å². The molecule has 0 radical (unpaired) electrons. The summed E-state index contributed by atoms with van der Waals surface area (Å²) in [5, 5.41) is 4.60. The minimum Gasteiger partial charge on any atom is -0.305 e. The highest BCUT2D eigenvalue weighted by molar-refractivity contribution is 9.10. The number of benzene rings is 3. The average molecular weight is 445 g/mol. The first-order valence-electron chi connectivity index (χ1n) is 9.39. The molecule has 1 aliphatic rings. The van der Waals surface area contributed by atoms with Gasteiger partial charge in [0, 0.05) is 22.3 Å². The zero-order valence-corrected chi connectivity index (χ0v) is 17.1. The molecule has 0 spiro atoms. The second-order valence-corrected chi connectivity index (χ2v) is 7.77. The van der Waals surface area contributed by atoms with Gasteiger partial charge >= 0.3 is 0 Å². The van der Waals surface area contributed by atoms with Crippen molar-refractivity contribution in [3.63, 3.8) is 0 Å². The van der Waals surface area contributed by atoms with E-state index in [1.165, 1.54) is 0 Å². The molecule has 0 saturated carbocycles. The number of aromatic nitrogens is 3. The summed E-state index contributed by atoms with van der Waals surface area (Å²) in [6.07, 6.45) is 0.825. The van der Waals surface area contributed by atoms with Gasteiger partial charge in [-0.15, -0.1) is 5.10 Å². The van der Waals surface area contributed by atoms with E-state index in [2.05, 4.69) is 32.1 Å². The molecule has 6 heteroatoms. The third kappa shape index (κ3) is 3.25. The van der Waals surface area contributed by atoms with E-state index < -0.39 is 0 Å². The van der Waals surface area contributed by atoms with Crippen LogP contribution in [0.15, 0.2) is 83.3 Å². The van der Waals surface area contributed by atoms with E-state index in [9.17, 15) is 4.79 Å². The summed E-state index contributed by atoms with van der Waals surface area (Å²) in [4.78, 5) is 19.7. The second kappa shape index (κ2) is 7.29. The maximum absolute atomic E-state index is 13.3. The number of fused-ring (bicyclic) bond motifs is 1. The van der Waals surface area contributed by atoms with Crippen molar-refractivity contribution < 1.29 is 4.79 Å². The van der Waals surface area contributed by atoms with Gasteiger partial charge in [0.15, 0.2) is 5.82 Å². The van der Waals surface area contributed by atoms with Gasteiger partial charge in [-0.3, -0.25) is 4.79 Å². The first kappa shape index (κ1) is 17.8. The number of anilines is 1. The van der Waals surface area contributed by atoms with Crippen LogP contribution in [0.25, 0.3) is 17.1 Å². The summed E-state index contributed by atoms with van der Waals surface area (Å²) < 4.78 is 2.75. The highest BCUT2D eigenvalue weighted by Crippen LogP contribution is 2.31. The lowest BCUT2D eigenvalue weighted by Crippen LogP contribution is -2.30. The molecule has 0 saturated heterocycles. The van der Waals surface area contributed by atoms with Gasteiger partial charge in [0.2, 0.25) is 5.82 Å². The van der Waals surface area contributed by atoms with Gasteiger partial charge in [0.1, 0.15) is 0 Å². The van der Waals surface area contributed by atoms with E-state index in [1.807, 2.05) is 72.8 Å². The Kier molecular flexibility index (Phi) is 4.48. The van der Waals surface area contributed by atoms with Gasteiger partial charge in [0.25, 0.3) is 5.91 Å². The van der Waals surface area contributed by atoms with Crippen LogP contribution in [0.1, 0.15) is 16.2 Å². The minimum absolute atomic E-state index is 0.182. The standard InChI is InChI=1S/C23H17BrN4O/c24-18-11-12-20-17(15-18)13-14-27(20)23(29)21-25-22(16-7-3-1-4-8-16)28(26-21)19-9-5-2-6-10-19/h1-12,15H,13-14H2. The van der Waals surface area contributed by atoms with Crippen molar-refractivity contribution in [3.8, 4) is 17.1 Å².